The summed E-state index contributed by atoms with van der Waals surface area (Å²) >= 11 is 0. The fraction of sp³-hybridized carbons (Fsp3) is 0.552. The zero-order chi connectivity index (χ0) is 22.9. The van der Waals surface area contributed by atoms with Gasteiger partial charge in [-0.15, -0.1) is 0 Å². The topological polar surface area (TPSA) is 70.0 Å². The largest absolute Gasteiger partial charge is 0.504 e. The molecule has 4 aliphatic carbocycles. The first-order valence-corrected chi connectivity index (χ1v) is 13.0. The van der Waals surface area contributed by atoms with E-state index in [0.717, 1.165) is 49.4 Å². The third kappa shape index (κ3) is 2.22. The van der Waals surface area contributed by atoms with Crippen LogP contribution >= 0.6 is 0 Å². The highest BCUT2D eigenvalue weighted by Crippen LogP contribution is 2.68. The third-order valence-corrected chi connectivity index (χ3v) is 10.4. The van der Waals surface area contributed by atoms with Crippen molar-refractivity contribution in [2.45, 2.75) is 74.5 Å². The average molecular weight is 458 g/mol. The number of ketones is 1. The van der Waals surface area contributed by atoms with E-state index in [2.05, 4.69) is 29.2 Å². The molecule has 2 heterocycles. The monoisotopic (exact) mass is 457 g/mol. The number of fused-ring (bicyclic) bond motifs is 1. The van der Waals surface area contributed by atoms with Crippen molar-refractivity contribution < 1.29 is 19.7 Å². The van der Waals surface area contributed by atoms with Crippen molar-refractivity contribution in [1.29, 1.82) is 0 Å². The molecule has 5 nitrogen and oxygen atoms in total. The van der Waals surface area contributed by atoms with Crippen molar-refractivity contribution in [3.8, 4) is 11.5 Å². The number of Topliss-reactive ketones (excluding diaryl/α,β-unsaturated/α-hetero) is 1. The predicted molar refractivity (Wildman–Crippen MR) is 126 cm³/mol. The first-order valence-electron chi connectivity index (χ1n) is 13.0. The van der Waals surface area contributed by atoms with E-state index in [-0.39, 0.29) is 17.6 Å². The number of carbonyl (C=O) groups excluding carboxylic acids is 1. The van der Waals surface area contributed by atoms with Gasteiger partial charge in [0.1, 0.15) is 0 Å². The molecule has 3 fully saturated rings. The minimum atomic E-state index is -1.04. The molecule has 2 saturated carbocycles. The molecule has 1 saturated heterocycles. The molecule has 2 aromatic rings. The van der Waals surface area contributed by atoms with E-state index in [1.165, 1.54) is 24.0 Å². The minimum absolute atomic E-state index is 0.0157. The molecule has 0 aromatic heterocycles. The van der Waals surface area contributed by atoms with Gasteiger partial charge < -0.3 is 14.9 Å². The molecule has 34 heavy (non-hydrogen) atoms. The fourth-order valence-corrected chi connectivity index (χ4v) is 8.68. The van der Waals surface area contributed by atoms with Crippen molar-refractivity contribution in [2.75, 3.05) is 13.1 Å². The van der Waals surface area contributed by atoms with Crippen molar-refractivity contribution >= 4 is 5.78 Å². The maximum Gasteiger partial charge on any atom is 0.180 e. The Morgan fingerprint density at radius 3 is 2.71 bits per heavy atom. The quantitative estimate of drug-likeness (QED) is 0.724. The summed E-state index contributed by atoms with van der Waals surface area (Å²) in [6.07, 6.45) is 6.09. The van der Waals surface area contributed by atoms with Gasteiger partial charge >= 0.3 is 0 Å². The second-order valence-electron chi connectivity index (χ2n) is 12.0. The van der Waals surface area contributed by atoms with E-state index < -0.39 is 22.5 Å². The second-order valence-corrected chi connectivity index (χ2v) is 12.0. The molecule has 0 radical (unpaired) electrons. The summed E-state index contributed by atoms with van der Waals surface area (Å²) < 4.78 is 6.45. The predicted octanol–water partition coefficient (Wildman–Crippen LogP) is 3.31. The molecule has 0 amide bonds. The van der Waals surface area contributed by atoms with Crippen LogP contribution in [0.5, 0.6) is 11.5 Å². The molecular formula is C29H31NO4. The van der Waals surface area contributed by atoms with E-state index in [1.54, 1.807) is 6.07 Å². The van der Waals surface area contributed by atoms with Gasteiger partial charge in [-0.1, -0.05) is 30.3 Å². The summed E-state index contributed by atoms with van der Waals surface area (Å²) in [6, 6.07) is 12.1. The van der Waals surface area contributed by atoms with Gasteiger partial charge in [-0.3, -0.25) is 9.69 Å². The van der Waals surface area contributed by atoms with Crippen LogP contribution in [-0.2, 0) is 29.5 Å². The number of ether oxygens (including phenoxy) is 1. The van der Waals surface area contributed by atoms with Crippen LogP contribution in [0.25, 0.3) is 0 Å². The van der Waals surface area contributed by atoms with Gasteiger partial charge in [0.25, 0.3) is 0 Å². The molecule has 2 bridgehead atoms. The number of phenolic OH excluding ortho intramolecular Hbond substituents is 1. The Hall–Kier alpha value is -2.37. The molecule has 2 unspecified atom stereocenters. The van der Waals surface area contributed by atoms with Crippen molar-refractivity contribution in [2.24, 2.45) is 11.3 Å². The number of hydrogen-bond acceptors (Lipinski definition) is 5. The second kappa shape index (κ2) is 6.24. The number of likely N-dealkylation sites (tertiary alicyclic amines) is 1. The zero-order valence-electron chi connectivity index (χ0n) is 19.4. The number of benzene rings is 2. The lowest BCUT2D eigenvalue weighted by Crippen LogP contribution is -2.79. The van der Waals surface area contributed by atoms with Crippen LogP contribution < -0.4 is 4.74 Å². The van der Waals surface area contributed by atoms with Gasteiger partial charge in [0.05, 0.1) is 11.0 Å². The highest BCUT2D eigenvalue weighted by molar-refractivity contribution is 5.95. The number of phenols is 1. The fourth-order valence-electron chi connectivity index (χ4n) is 8.68. The number of piperidine rings is 1. The number of aryl methyl sites for hydroxylation is 1. The summed E-state index contributed by atoms with van der Waals surface area (Å²) in [6.45, 7) is 1.92. The number of rotatable bonds is 2. The van der Waals surface area contributed by atoms with Crippen molar-refractivity contribution in [3.63, 3.8) is 0 Å². The molecule has 176 valence electrons. The summed E-state index contributed by atoms with van der Waals surface area (Å²) in [5.41, 5.74) is 2.22. The van der Waals surface area contributed by atoms with Crippen LogP contribution in [0.2, 0.25) is 0 Å². The van der Waals surface area contributed by atoms with E-state index in [1.807, 2.05) is 6.07 Å². The average Bonchev–Trinajstić information content (AvgIpc) is 3.57. The molecule has 2 aromatic carbocycles. The first kappa shape index (κ1) is 19.9. The molecule has 2 aliphatic heterocycles. The van der Waals surface area contributed by atoms with Crippen molar-refractivity contribution in [1.82, 2.24) is 4.90 Å². The molecule has 8 rings (SSSR count). The smallest absolute Gasteiger partial charge is 0.180 e. The number of carbonyl (C=O) groups is 1. The SMILES string of the molecule is O=C1[C@@H]2Oc3c(O)ccc4c3[C@@]23CCN(CC2CC2)C(C4)[C@]3(O)CC12CCc1ccccc1C2. The van der Waals surface area contributed by atoms with Crippen LogP contribution in [0.1, 0.15) is 54.4 Å². The molecule has 5 atom stereocenters. The Balaban J connectivity index is 1.32. The van der Waals surface area contributed by atoms with Crippen LogP contribution in [-0.4, -0.2) is 51.7 Å². The zero-order valence-corrected chi connectivity index (χ0v) is 19.4. The van der Waals surface area contributed by atoms with Gasteiger partial charge in [0, 0.05) is 23.6 Å². The number of aromatic hydroxyl groups is 1. The maximum atomic E-state index is 14.4. The highest BCUT2D eigenvalue weighted by Gasteiger charge is 2.77. The number of aliphatic hydroxyl groups is 1. The third-order valence-electron chi connectivity index (χ3n) is 10.4. The molecule has 6 aliphatic rings. The maximum absolute atomic E-state index is 14.4. The summed E-state index contributed by atoms with van der Waals surface area (Å²) in [5.74, 6) is 1.44. The van der Waals surface area contributed by atoms with Crippen LogP contribution in [0.15, 0.2) is 36.4 Å². The normalized spacial score (nSPS) is 39.5. The van der Waals surface area contributed by atoms with E-state index in [9.17, 15) is 15.0 Å². The minimum Gasteiger partial charge on any atom is -0.504 e. The van der Waals surface area contributed by atoms with Crippen LogP contribution in [0.4, 0.5) is 0 Å². The van der Waals surface area contributed by atoms with E-state index in [4.69, 9.17) is 4.74 Å². The molecular weight excluding hydrogens is 426 g/mol. The molecule has 2 N–H and O–H groups in total. The van der Waals surface area contributed by atoms with Gasteiger partial charge in [-0.25, -0.2) is 0 Å². The lowest BCUT2D eigenvalue weighted by Gasteiger charge is -2.66. The Morgan fingerprint density at radius 1 is 1.06 bits per heavy atom. The number of hydrogen-bond donors (Lipinski definition) is 2. The van der Waals surface area contributed by atoms with Crippen molar-refractivity contribution in [3.05, 3.63) is 58.7 Å². The van der Waals surface area contributed by atoms with E-state index in [0.29, 0.717) is 25.0 Å². The Labute approximate surface area is 199 Å². The van der Waals surface area contributed by atoms with Gasteiger partial charge in [-0.05, 0) is 86.6 Å². The van der Waals surface area contributed by atoms with E-state index >= 15 is 0 Å². The lowest BCUT2D eigenvalue weighted by molar-refractivity contribution is -0.211. The summed E-state index contributed by atoms with van der Waals surface area (Å²) in [7, 11) is 0. The molecule has 2 spiro atoms. The van der Waals surface area contributed by atoms with Crippen LogP contribution in [0, 0.1) is 11.3 Å². The Kier molecular flexibility index (Phi) is 3.65. The summed E-state index contributed by atoms with van der Waals surface area (Å²) in [5, 5.41) is 23.7. The van der Waals surface area contributed by atoms with Gasteiger partial charge in [0.2, 0.25) is 0 Å². The summed E-state index contributed by atoms with van der Waals surface area (Å²) in [4.78, 5) is 17.0. The standard InChI is InChI=1S/C29H31NO4/c31-21-8-7-19-13-22-29(33)16-27(10-9-18-3-1-2-4-20(18)14-27)25(32)26-28(29,23(19)24(21)34-26)11-12-30(22)15-17-5-6-17/h1-4,7-8,17,22,26,31,33H,5-6,9-16H2/t22?,26-,27?,28-,29+/m0/s1. The van der Waals surface area contributed by atoms with Gasteiger partial charge in [0.15, 0.2) is 23.4 Å². The number of nitrogens with zero attached hydrogens (tertiary/aromatic N) is 1. The van der Waals surface area contributed by atoms with Crippen LogP contribution in [0.3, 0.4) is 0 Å². The Bertz CT molecular complexity index is 1250. The lowest BCUT2D eigenvalue weighted by atomic mass is 9.43. The Morgan fingerprint density at radius 2 is 1.88 bits per heavy atom. The van der Waals surface area contributed by atoms with Gasteiger partial charge in [-0.2, -0.15) is 0 Å². The molecule has 5 heteroatoms. The first-order chi connectivity index (χ1) is 16.5. The highest BCUT2D eigenvalue weighted by atomic mass is 16.5.